The molecule has 0 aliphatic rings. The summed E-state index contributed by atoms with van der Waals surface area (Å²) in [5.74, 6) is -1.29. The van der Waals surface area contributed by atoms with E-state index < -0.39 is 11.4 Å². The Morgan fingerprint density at radius 3 is 2.00 bits per heavy atom. The van der Waals surface area contributed by atoms with Crippen LogP contribution in [0.3, 0.4) is 0 Å². The molecule has 0 radical (unpaired) electrons. The van der Waals surface area contributed by atoms with Gasteiger partial charge < -0.3 is 10.4 Å². The van der Waals surface area contributed by atoms with Crippen molar-refractivity contribution in [2.24, 2.45) is 0 Å². The molecule has 0 saturated carbocycles. The van der Waals surface area contributed by atoms with Crippen molar-refractivity contribution in [1.82, 2.24) is 0 Å². The predicted molar refractivity (Wildman–Crippen MR) is 99.9 cm³/mol. The number of carboxylic acid groups (broad SMARTS) is 1. The molecule has 0 aliphatic carbocycles. The minimum atomic E-state index is -1.27. The Morgan fingerprint density at radius 1 is 0.960 bits per heavy atom. The van der Waals surface area contributed by atoms with Gasteiger partial charge in [-0.25, -0.2) is 0 Å². The molecule has 0 unspecified atom stereocenters. The zero-order valence-corrected chi connectivity index (χ0v) is 15.0. The van der Waals surface area contributed by atoms with Gasteiger partial charge in [-0.3, -0.25) is 9.59 Å². The molecule has 2 aromatic carbocycles. The molecule has 1 atom stereocenters. The van der Waals surface area contributed by atoms with Crippen molar-refractivity contribution in [2.75, 3.05) is 5.32 Å². The largest absolute Gasteiger partial charge is 0.481 e. The van der Waals surface area contributed by atoms with Crippen molar-refractivity contribution in [3.8, 4) is 0 Å². The average Bonchev–Trinajstić information content (AvgIpc) is 2.62. The molecule has 4 nitrogen and oxygen atoms in total. The first-order valence-electron chi connectivity index (χ1n) is 8.61. The quantitative estimate of drug-likeness (QED) is 0.795. The number of nitrogens with one attached hydrogen (secondary N) is 1. The monoisotopic (exact) mass is 339 g/mol. The molecule has 0 saturated heterocycles. The maximum atomic E-state index is 12.7. The van der Waals surface area contributed by atoms with Crippen LogP contribution in [0.15, 0.2) is 48.5 Å². The topological polar surface area (TPSA) is 66.4 Å². The summed E-state index contributed by atoms with van der Waals surface area (Å²) >= 11 is 0. The molecule has 2 N–H and O–H groups in total. The third-order valence-corrected chi connectivity index (χ3v) is 4.66. The molecule has 1 amide bonds. The highest BCUT2D eigenvalue weighted by Gasteiger charge is 2.37. The van der Waals surface area contributed by atoms with Crippen LogP contribution < -0.4 is 5.32 Å². The van der Waals surface area contributed by atoms with E-state index in [0.29, 0.717) is 5.56 Å². The minimum Gasteiger partial charge on any atom is -0.481 e. The van der Waals surface area contributed by atoms with Gasteiger partial charge in [0.25, 0.3) is 0 Å². The van der Waals surface area contributed by atoms with E-state index in [4.69, 9.17) is 0 Å². The lowest BCUT2D eigenvalue weighted by molar-refractivity contribution is -0.145. The summed E-state index contributed by atoms with van der Waals surface area (Å²) in [7, 11) is 0. The second kappa shape index (κ2) is 7.97. The van der Waals surface area contributed by atoms with E-state index in [2.05, 4.69) is 5.32 Å². The van der Waals surface area contributed by atoms with Gasteiger partial charge >= 0.3 is 5.97 Å². The first-order valence-corrected chi connectivity index (χ1v) is 8.61. The number of anilines is 1. The molecule has 0 aliphatic heterocycles. The van der Waals surface area contributed by atoms with Crippen LogP contribution in [0.1, 0.15) is 43.9 Å². The summed E-state index contributed by atoms with van der Waals surface area (Å²) in [6.07, 6.45) is 1.49. The summed E-state index contributed by atoms with van der Waals surface area (Å²) in [4.78, 5) is 24.5. The SMILES string of the molecule is CCc1cccc(CC)c1NC(=O)C[C@@](C)(C(=O)O)c1ccccc1. The smallest absolute Gasteiger partial charge is 0.314 e. The molecule has 0 aromatic heterocycles. The van der Waals surface area contributed by atoms with Crippen molar-refractivity contribution in [2.45, 2.75) is 45.4 Å². The maximum Gasteiger partial charge on any atom is 0.314 e. The molecule has 2 aromatic rings. The zero-order valence-electron chi connectivity index (χ0n) is 15.0. The fourth-order valence-electron chi connectivity index (χ4n) is 3.02. The van der Waals surface area contributed by atoms with Crippen LogP contribution in [-0.2, 0) is 27.8 Å². The first-order chi connectivity index (χ1) is 11.9. The number of para-hydroxylation sites is 1. The number of amides is 1. The molecule has 4 heteroatoms. The van der Waals surface area contributed by atoms with E-state index in [1.54, 1.807) is 31.2 Å². The van der Waals surface area contributed by atoms with Crippen LogP contribution in [0.2, 0.25) is 0 Å². The molecule has 0 fully saturated rings. The van der Waals surface area contributed by atoms with E-state index in [-0.39, 0.29) is 12.3 Å². The lowest BCUT2D eigenvalue weighted by Gasteiger charge is -2.25. The molecule has 0 bridgehead atoms. The van der Waals surface area contributed by atoms with Gasteiger partial charge in [-0.05, 0) is 36.5 Å². The van der Waals surface area contributed by atoms with Crippen LogP contribution in [0.4, 0.5) is 5.69 Å². The molecule has 0 spiro atoms. The van der Waals surface area contributed by atoms with Crippen LogP contribution in [0, 0.1) is 0 Å². The number of carboxylic acids is 1. The van der Waals surface area contributed by atoms with Gasteiger partial charge in [0.15, 0.2) is 0 Å². The van der Waals surface area contributed by atoms with Crippen molar-refractivity contribution < 1.29 is 14.7 Å². The molecular formula is C21H25NO3. The van der Waals surface area contributed by atoms with Crippen molar-refractivity contribution in [3.05, 3.63) is 65.2 Å². The summed E-state index contributed by atoms with van der Waals surface area (Å²) < 4.78 is 0. The zero-order chi connectivity index (χ0) is 18.4. The molecule has 0 heterocycles. The number of aryl methyl sites for hydroxylation is 2. The van der Waals surface area contributed by atoms with Crippen LogP contribution in [0.25, 0.3) is 0 Å². The lowest BCUT2D eigenvalue weighted by atomic mass is 9.79. The number of hydrogen-bond acceptors (Lipinski definition) is 2. The first kappa shape index (κ1) is 18.7. The predicted octanol–water partition coefficient (Wildman–Crippen LogP) is 4.18. The number of benzene rings is 2. The van der Waals surface area contributed by atoms with Crippen LogP contribution in [-0.4, -0.2) is 17.0 Å². The van der Waals surface area contributed by atoms with Gasteiger partial charge in [0.1, 0.15) is 0 Å². The van der Waals surface area contributed by atoms with E-state index in [0.717, 1.165) is 29.7 Å². The molecule has 132 valence electrons. The highest BCUT2D eigenvalue weighted by atomic mass is 16.4. The maximum absolute atomic E-state index is 12.7. The fraction of sp³-hybridized carbons (Fsp3) is 0.333. The second-order valence-corrected chi connectivity index (χ2v) is 6.39. The summed E-state index contributed by atoms with van der Waals surface area (Å²) in [5.41, 5.74) is 2.29. The normalized spacial score (nSPS) is 13.1. The van der Waals surface area contributed by atoms with Gasteiger partial charge in [0, 0.05) is 12.1 Å². The summed E-state index contributed by atoms with van der Waals surface area (Å²) in [6.45, 7) is 5.67. The van der Waals surface area contributed by atoms with Crippen LogP contribution >= 0.6 is 0 Å². The van der Waals surface area contributed by atoms with E-state index in [1.807, 2.05) is 38.1 Å². The number of aliphatic carboxylic acids is 1. The van der Waals surface area contributed by atoms with Gasteiger partial charge in [-0.2, -0.15) is 0 Å². The Kier molecular flexibility index (Phi) is 5.97. The highest BCUT2D eigenvalue weighted by molar-refractivity contribution is 5.97. The Hall–Kier alpha value is -2.62. The Balaban J connectivity index is 2.28. The van der Waals surface area contributed by atoms with E-state index >= 15 is 0 Å². The van der Waals surface area contributed by atoms with Gasteiger partial charge in [-0.1, -0.05) is 62.4 Å². The number of carbonyl (C=O) groups excluding carboxylic acids is 1. The molecule has 25 heavy (non-hydrogen) atoms. The van der Waals surface area contributed by atoms with E-state index in [9.17, 15) is 14.7 Å². The number of carbonyl (C=O) groups is 2. The lowest BCUT2D eigenvalue weighted by Crippen LogP contribution is -2.36. The number of rotatable bonds is 7. The van der Waals surface area contributed by atoms with Crippen molar-refractivity contribution >= 4 is 17.6 Å². The standard InChI is InChI=1S/C21H25NO3/c1-4-15-10-9-11-16(5-2)19(15)22-18(23)14-21(3,20(24)25)17-12-7-6-8-13-17/h6-13H,4-5,14H2,1-3H3,(H,22,23)(H,24,25)/t21-/m1/s1. The third kappa shape index (κ3) is 4.08. The molecular weight excluding hydrogens is 314 g/mol. The van der Waals surface area contributed by atoms with Gasteiger partial charge in [0.05, 0.1) is 5.41 Å². The molecule has 2 rings (SSSR count). The van der Waals surface area contributed by atoms with Crippen LogP contribution in [0.5, 0.6) is 0 Å². The third-order valence-electron chi connectivity index (χ3n) is 4.66. The summed E-state index contributed by atoms with van der Waals surface area (Å²) in [5, 5.41) is 12.7. The second-order valence-electron chi connectivity index (χ2n) is 6.39. The van der Waals surface area contributed by atoms with Gasteiger partial charge in [-0.15, -0.1) is 0 Å². The Bertz CT molecular complexity index is 733. The summed E-state index contributed by atoms with van der Waals surface area (Å²) in [6, 6.07) is 14.9. The number of hydrogen-bond donors (Lipinski definition) is 2. The van der Waals surface area contributed by atoms with Crippen molar-refractivity contribution in [1.29, 1.82) is 0 Å². The van der Waals surface area contributed by atoms with Gasteiger partial charge in [0.2, 0.25) is 5.91 Å². The highest BCUT2D eigenvalue weighted by Crippen LogP contribution is 2.30. The van der Waals surface area contributed by atoms with E-state index in [1.165, 1.54) is 0 Å². The minimum absolute atomic E-state index is 0.118. The Morgan fingerprint density at radius 2 is 1.52 bits per heavy atom. The van der Waals surface area contributed by atoms with Crippen molar-refractivity contribution in [3.63, 3.8) is 0 Å². The Labute approximate surface area is 148 Å². The average molecular weight is 339 g/mol. The fourth-order valence-corrected chi connectivity index (χ4v) is 3.02.